The van der Waals surface area contributed by atoms with Gasteiger partial charge < -0.3 is 11.1 Å². The van der Waals surface area contributed by atoms with Crippen molar-refractivity contribution in [2.24, 2.45) is 0 Å². The summed E-state index contributed by atoms with van der Waals surface area (Å²) in [6, 6.07) is 3.67. The summed E-state index contributed by atoms with van der Waals surface area (Å²) in [6.45, 7) is 2.59. The highest BCUT2D eigenvalue weighted by atomic mass is 32.2. The lowest BCUT2D eigenvalue weighted by Gasteiger charge is -2.02. The molecule has 1 rings (SSSR count). The van der Waals surface area contributed by atoms with Gasteiger partial charge in [-0.1, -0.05) is 0 Å². The molecule has 0 saturated heterocycles. The van der Waals surface area contributed by atoms with Gasteiger partial charge in [0.15, 0.2) is 0 Å². The minimum absolute atomic E-state index is 0.0837. The van der Waals surface area contributed by atoms with Crippen molar-refractivity contribution in [3.05, 3.63) is 18.3 Å². The van der Waals surface area contributed by atoms with E-state index in [4.69, 9.17) is 5.73 Å². The van der Waals surface area contributed by atoms with Crippen molar-refractivity contribution in [1.82, 2.24) is 10.3 Å². The van der Waals surface area contributed by atoms with E-state index < -0.39 is 0 Å². The fourth-order valence-corrected chi connectivity index (χ4v) is 1.80. The number of rotatable bonds is 5. The van der Waals surface area contributed by atoms with E-state index >= 15 is 0 Å². The molecular formula is C10H15N3OS. The molecule has 1 amide bonds. The molecule has 3 N–H and O–H groups in total. The Morgan fingerprint density at radius 2 is 2.40 bits per heavy atom. The number of nitrogens with zero attached hydrogens (tertiary/aromatic N) is 1. The van der Waals surface area contributed by atoms with Crippen LogP contribution in [0.2, 0.25) is 0 Å². The van der Waals surface area contributed by atoms with E-state index in [1.807, 2.05) is 13.0 Å². The highest BCUT2D eigenvalue weighted by molar-refractivity contribution is 7.99. The summed E-state index contributed by atoms with van der Waals surface area (Å²) < 4.78 is 0. The van der Waals surface area contributed by atoms with Crippen LogP contribution in [-0.4, -0.2) is 23.2 Å². The SMILES string of the molecule is CCNC(=O)CCSc1ccc(N)cn1. The second-order valence-corrected chi connectivity index (χ2v) is 4.10. The van der Waals surface area contributed by atoms with Gasteiger partial charge >= 0.3 is 0 Å². The third kappa shape index (κ3) is 4.69. The average molecular weight is 225 g/mol. The average Bonchev–Trinajstić information content (AvgIpc) is 2.21. The van der Waals surface area contributed by atoms with E-state index in [1.165, 1.54) is 0 Å². The molecule has 0 spiro atoms. The number of amides is 1. The van der Waals surface area contributed by atoms with Crippen LogP contribution in [0, 0.1) is 0 Å². The van der Waals surface area contributed by atoms with Crippen molar-refractivity contribution in [3.8, 4) is 0 Å². The molecule has 0 aromatic carbocycles. The highest BCUT2D eigenvalue weighted by Gasteiger charge is 2.00. The smallest absolute Gasteiger partial charge is 0.220 e. The van der Waals surface area contributed by atoms with Gasteiger partial charge in [-0.15, -0.1) is 11.8 Å². The normalized spacial score (nSPS) is 9.93. The van der Waals surface area contributed by atoms with E-state index in [1.54, 1.807) is 24.0 Å². The van der Waals surface area contributed by atoms with Gasteiger partial charge in [0.25, 0.3) is 0 Å². The first-order valence-corrected chi connectivity index (χ1v) is 5.82. The molecule has 1 heterocycles. The lowest BCUT2D eigenvalue weighted by Crippen LogP contribution is -2.22. The molecule has 1 aromatic rings. The Kier molecular flexibility index (Phi) is 4.97. The molecule has 15 heavy (non-hydrogen) atoms. The molecule has 0 fully saturated rings. The lowest BCUT2D eigenvalue weighted by atomic mass is 10.4. The number of thioether (sulfide) groups is 1. The van der Waals surface area contributed by atoms with E-state index in [2.05, 4.69) is 10.3 Å². The Balaban J connectivity index is 2.26. The first-order valence-electron chi connectivity index (χ1n) is 4.83. The first-order chi connectivity index (χ1) is 7.22. The van der Waals surface area contributed by atoms with Crippen molar-refractivity contribution in [2.45, 2.75) is 18.4 Å². The number of pyridine rings is 1. The zero-order valence-electron chi connectivity index (χ0n) is 8.69. The molecule has 5 heteroatoms. The summed E-state index contributed by atoms with van der Waals surface area (Å²) in [5.74, 6) is 0.823. The van der Waals surface area contributed by atoms with Crippen LogP contribution in [0.3, 0.4) is 0 Å². The molecule has 1 aromatic heterocycles. The fraction of sp³-hybridized carbons (Fsp3) is 0.400. The van der Waals surface area contributed by atoms with Gasteiger partial charge in [0.05, 0.1) is 16.9 Å². The van der Waals surface area contributed by atoms with Crippen LogP contribution >= 0.6 is 11.8 Å². The lowest BCUT2D eigenvalue weighted by molar-refractivity contribution is -0.120. The Morgan fingerprint density at radius 1 is 1.60 bits per heavy atom. The van der Waals surface area contributed by atoms with E-state index in [0.717, 1.165) is 10.8 Å². The fourth-order valence-electron chi connectivity index (χ4n) is 1.01. The van der Waals surface area contributed by atoms with Crippen LogP contribution in [0.5, 0.6) is 0 Å². The van der Waals surface area contributed by atoms with Crippen molar-refractivity contribution in [2.75, 3.05) is 18.0 Å². The number of aromatic nitrogens is 1. The predicted molar refractivity (Wildman–Crippen MR) is 62.7 cm³/mol. The number of nitrogen functional groups attached to an aromatic ring is 1. The minimum atomic E-state index is 0.0837. The molecule has 82 valence electrons. The van der Waals surface area contributed by atoms with Gasteiger partial charge in [0.1, 0.15) is 0 Å². The standard InChI is InChI=1S/C10H15N3OS/c1-2-12-9(14)5-6-15-10-4-3-8(11)7-13-10/h3-4,7H,2,5-6,11H2,1H3,(H,12,14). The second kappa shape index (κ2) is 6.29. The number of hydrogen-bond acceptors (Lipinski definition) is 4. The third-order valence-corrected chi connectivity index (χ3v) is 2.66. The maximum Gasteiger partial charge on any atom is 0.220 e. The largest absolute Gasteiger partial charge is 0.397 e. The second-order valence-electron chi connectivity index (χ2n) is 2.98. The van der Waals surface area contributed by atoms with Gasteiger partial charge in [0, 0.05) is 18.7 Å². The molecule has 0 aliphatic rings. The van der Waals surface area contributed by atoms with Crippen molar-refractivity contribution in [3.63, 3.8) is 0 Å². The van der Waals surface area contributed by atoms with Crippen LogP contribution in [0.25, 0.3) is 0 Å². The number of carbonyl (C=O) groups is 1. The van der Waals surface area contributed by atoms with Gasteiger partial charge in [0.2, 0.25) is 5.91 Å². The zero-order chi connectivity index (χ0) is 11.1. The zero-order valence-corrected chi connectivity index (χ0v) is 9.51. The van der Waals surface area contributed by atoms with Gasteiger partial charge in [-0.3, -0.25) is 4.79 Å². The number of nitrogens with two attached hydrogens (primary N) is 1. The Hall–Kier alpha value is -1.23. The van der Waals surface area contributed by atoms with Crippen molar-refractivity contribution >= 4 is 23.4 Å². The van der Waals surface area contributed by atoms with E-state index in [9.17, 15) is 4.79 Å². The van der Waals surface area contributed by atoms with Crippen LogP contribution in [-0.2, 0) is 4.79 Å². The van der Waals surface area contributed by atoms with Gasteiger partial charge in [-0.05, 0) is 19.1 Å². The van der Waals surface area contributed by atoms with E-state index in [0.29, 0.717) is 18.7 Å². The molecule has 0 aliphatic carbocycles. The summed E-state index contributed by atoms with van der Waals surface area (Å²) in [6.07, 6.45) is 2.14. The predicted octanol–water partition coefficient (Wildman–Crippen LogP) is 1.28. The molecule has 0 bridgehead atoms. The summed E-state index contributed by atoms with van der Waals surface area (Å²) in [5.41, 5.74) is 6.16. The summed E-state index contributed by atoms with van der Waals surface area (Å²) >= 11 is 1.56. The van der Waals surface area contributed by atoms with Gasteiger partial charge in [-0.2, -0.15) is 0 Å². The third-order valence-electron chi connectivity index (χ3n) is 1.71. The van der Waals surface area contributed by atoms with Crippen LogP contribution < -0.4 is 11.1 Å². The first kappa shape index (κ1) is 11.8. The highest BCUT2D eigenvalue weighted by Crippen LogP contribution is 2.16. The Morgan fingerprint density at radius 3 is 3.00 bits per heavy atom. The van der Waals surface area contributed by atoms with Gasteiger partial charge in [-0.25, -0.2) is 4.98 Å². The Bertz CT molecular complexity index is 313. The molecule has 0 atom stereocenters. The summed E-state index contributed by atoms with van der Waals surface area (Å²) in [4.78, 5) is 15.2. The van der Waals surface area contributed by atoms with E-state index in [-0.39, 0.29) is 5.91 Å². The topological polar surface area (TPSA) is 68.0 Å². The molecular weight excluding hydrogens is 210 g/mol. The number of anilines is 1. The summed E-state index contributed by atoms with van der Waals surface area (Å²) in [7, 11) is 0. The minimum Gasteiger partial charge on any atom is -0.397 e. The molecule has 4 nitrogen and oxygen atoms in total. The van der Waals surface area contributed by atoms with Crippen LogP contribution in [0.15, 0.2) is 23.4 Å². The number of hydrogen-bond donors (Lipinski definition) is 2. The maximum absolute atomic E-state index is 11.1. The van der Waals surface area contributed by atoms with Crippen LogP contribution in [0.1, 0.15) is 13.3 Å². The van der Waals surface area contributed by atoms with Crippen LogP contribution in [0.4, 0.5) is 5.69 Å². The molecule has 0 aliphatic heterocycles. The monoisotopic (exact) mass is 225 g/mol. The van der Waals surface area contributed by atoms with Crippen molar-refractivity contribution < 1.29 is 4.79 Å². The molecule has 0 unspecified atom stereocenters. The quantitative estimate of drug-likeness (QED) is 0.741. The summed E-state index contributed by atoms with van der Waals surface area (Å²) in [5, 5.41) is 3.64. The number of carbonyl (C=O) groups excluding carboxylic acids is 1. The molecule has 0 saturated carbocycles. The number of nitrogens with one attached hydrogen (secondary N) is 1. The maximum atomic E-state index is 11.1. The van der Waals surface area contributed by atoms with Crippen molar-refractivity contribution in [1.29, 1.82) is 0 Å². The molecule has 0 radical (unpaired) electrons. The Labute approximate surface area is 93.7 Å².